The summed E-state index contributed by atoms with van der Waals surface area (Å²) in [7, 11) is -2.31. The first-order valence-corrected chi connectivity index (χ1v) is 8.92. The molecule has 0 saturated carbocycles. The lowest BCUT2D eigenvalue weighted by atomic mass is 10.1. The molecule has 0 radical (unpaired) electrons. The van der Waals surface area contributed by atoms with E-state index in [4.69, 9.17) is 13.8 Å². The van der Waals surface area contributed by atoms with Crippen LogP contribution in [-0.2, 0) is 13.8 Å². The van der Waals surface area contributed by atoms with Crippen LogP contribution >= 0.6 is 8.25 Å². The van der Waals surface area contributed by atoms with Crippen molar-refractivity contribution in [3.05, 3.63) is 63.4 Å². The molecule has 1 N–H and O–H groups in total. The summed E-state index contributed by atoms with van der Waals surface area (Å²) in [4.78, 5) is 25.2. The molecule has 1 aromatic carbocycles. The summed E-state index contributed by atoms with van der Waals surface area (Å²) in [6.45, 7) is 2.02. The molecule has 1 aliphatic heterocycles. The number of aromatic amines is 1. The molecule has 1 aromatic heterocycles. The first-order chi connectivity index (χ1) is 12.0. The molecule has 1 fully saturated rings. The van der Waals surface area contributed by atoms with Crippen LogP contribution in [0.4, 0.5) is 0 Å². The summed E-state index contributed by atoms with van der Waals surface area (Å²) in [6.07, 6.45) is 1.21. The molecular weight excluding hydrogens is 347 g/mol. The van der Waals surface area contributed by atoms with Gasteiger partial charge in [-0.1, -0.05) is 25.1 Å². The van der Waals surface area contributed by atoms with Crippen molar-refractivity contribution in [2.45, 2.75) is 25.7 Å². The van der Waals surface area contributed by atoms with Gasteiger partial charge in [0, 0.05) is 22.7 Å². The molecule has 4 atom stereocenters. The molecule has 1 unspecified atom stereocenters. The Kier molecular flexibility index (Phi) is 5.43. The largest absolute Gasteiger partial charge is 0.750 e. The maximum atomic E-state index is 11.9. The predicted octanol–water partition coefficient (Wildman–Crippen LogP) is 2.21. The fourth-order valence-electron chi connectivity index (χ4n) is 2.73. The first-order valence-electron chi connectivity index (χ1n) is 7.83. The lowest BCUT2D eigenvalue weighted by Gasteiger charge is -2.17. The van der Waals surface area contributed by atoms with Gasteiger partial charge in [-0.15, -0.1) is 4.52 Å². The highest BCUT2D eigenvalue weighted by atomic mass is 31.1. The van der Waals surface area contributed by atoms with Gasteiger partial charge >= 0.3 is 13.9 Å². The van der Waals surface area contributed by atoms with Crippen molar-refractivity contribution in [3.8, 4) is 5.75 Å². The lowest BCUT2D eigenvalue weighted by molar-refractivity contribution is -0.0296. The summed E-state index contributed by atoms with van der Waals surface area (Å²) in [6, 6.07) is 10.0. The number of ether oxygens (including phenoxy) is 1. The van der Waals surface area contributed by atoms with Crippen molar-refractivity contribution in [1.29, 1.82) is 0 Å². The highest BCUT2D eigenvalue weighted by Crippen LogP contribution is 2.35. The highest BCUT2D eigenvalue weighted by Gasteiger charge is 2.36. The minimum atomic E-state index is -2.31. The van der Waals surface area contributed by atoms with Crippen LogP contribution in [0.1, 0.15) is 19.6 Å². The average molecular weight is 365 g/mol. The van der Waals surface area contributed by atoms with Crippen LogP contribution in [0, 0.1) is 5.92 Å². The van der Waals surface area contributed by atoms with Gasteiger partial charge in [0.05, 0.1) is 6.10 Å². The smallest absolute Gasteiger partial charge is 0.352 e. The Morgan fingerprint density at radius 1 is 1.28 bits per heavy atom. The molecule has 9 heteroatoms. The maximum Gasteiger partial charge on any atom is 0.750 e. The van der Waals surface area contributed by atoms with Gasteiger partial charge in [0.15, 0.2) is 5.75 Å². The normalized spacial score (nSPS) is 23.4. The van der Waals surface area contributed by atoms with E-state index in [1.807, 2.05) is 13.0 Å². The van der Waals surface area contributed by atoms with E-state index < -0.39 is 25.7 Å². The first kappa shape index (κ1) is 17.5. The number of hydrogen-bond donors (Lipinski definition) is 1. The van der Waals surface area contributed by atoms with Crippen LogP contribution < -0.4 is 15.8 Å². The number of para-hydroxylation sites is 1. The molecular formula is C16H18N2O6P+. The Labute approximate surface area is 144 Å². The number of aromatic nitrogens is 2. The number of benzene rings is 1. The quantitative estimate of drug-likeness (QED) is 0.788. The van der Waals surface area contributed by atoms with Crippen LogP contribution in [0.15, 0.2) is 52.2 Å². The Bertz CT molecular complexity index is 849. The SMILES string of the molecule is C[C@H]1C[C@@H](CO[P+](=O)Oc2ccccc2)O[C@H]1n1ccc(=O)[nH]c1=O. The number of rotatable bonds is 6. The monoisotopic (exact) mass is 365 g/mol. The van der Waals surface area contributed by atoms with Crippen molar-refractivity contribution in [3.63, 3.8) is 0 Å². The van der Waals surface area contributed by atoms with Gasteiger partial charge < -0.3 is 4.74 Å². The number of hydrogen-bond acceptors (Lipinski definition) is 6. The molecule has 0 spiro atoms. The van der Waals surface area contributed by atoms with Crippen LogP contribution in [0.3, 0.4) is 0 Å². The van der Waals surface area contributed by atoms with E-state index in [0.29, 0.717) is 12.2 Å². The van der Waals surface area contributed by atoms with Gasteiger partial charge in [-0.25, -0.2) is 9.32 Å². The third-order valence-electron chi connectivity index (χ3n) is 3.87. The van der Waals surface area contributed by atoms with Crippen molar-refractivity contribution in [1.82, 2.24) is 9.55 Å². The second kappa shape index (κ2) is 7.74. The number of nitrogens with one attached hydrogen (secondary N) is 1. The van der Waals surface area contributed by atoms with Crippen molar-refractivity contribution in [2.75, 3.05) is 6.61 Å². The van der Waals surface area contributed by atoms with Gasteiger partial charge in [-0.05, 0) is 18.6 Å². The van der Waals surface area contributed by atoms with E-state index in [1.165, 1.54) is 16.8 Å². The maximum absolute atomic E-state index is 11.9. The fraction of sp³-hybridized carbons (Fsp3) is 0.375. The highest BCUT2D eigenvalue weighted by molar-refractivity contribution is 7.33. The van der Waals surface area contributed by atoms with E-state index >= 15 is 0 Å². The molecule has 1 aliphatic rings. The molecule has 0 aliphatic carbocycles. The fourth-order valence-corrected chi connectivity index (χ4v) is 3.36. The minimum Gasteiger partial charge on any atom is -0.352 e. The van der Waals surface area contributed by atoms with E-state index in [-0.39, 0.29) is 18.6 Å². The molecule has 132 valence electrons. The molecule has 1 saturated heterocycles. The van der Waals surface area contributed by atoms with Crippen molar-refractivity contribution < 1.29 is 18.3 Å². The number of H-pyrrole nitrogens is 1. The topological polar surface area (TPSA) is 99.6 Å². The zero-order valence-corrected chi connectivity index (χ0v) is 14.4. The van der Waals surface area contributed by atoms with Crippen LogP contribution in [0.5, 0.6) is 5.75 Å². The Morgan fingerprint density at radius 2 is 2.04 bits per heavy atom. The standard InChI is InChI=1S/C16H17N2O6P/c1-11-9-13(10-22-25(21)24-12-5-3-2-4-6-12)23-15(11)18-8-7-14(19)17-16(18)20/h2-8,11,13,15H,9-10H2,1H3/p+1/t11-,13-,15+/m0/s1. The van der Waals surface area contributed by atoms with Gasteiger partial charge in [0.25, 0.3) is 5.56 Å². The second-order valence-electron chi connectivity index (χ2n) is 5.80. The van der Waals surface area contributed by atoms with Crippen LogP contribution in [0.2, 0.25) is 0 Å². The van der Waals surface area contributed by atoms with Crippen molar-refractivity contribution in [2.24, 2.45) is 5.92 Å². The summed E-state index contributed by atoms with van der Waals surface area (Å²) in [5.41, 5.74) is -0.980. The van der Waals surface area contributed by atoms with E-state index in [2.05, 4.69) is 4.98 Å². The predicted molar refractivity (Wildman–Crippen MR) is 89.6 cm³/mol. The van der Waals surface area contributed by atoms with E-state index in [0.717, 1.165) is 0 Å². The van der Waals surface area contributed by atoms with E-state index in [1.54, 1.807) is 24.3 Å². The summed E-state index contributed by atoms with van der Waals surface area (Å²) in [5, 5.41) is 0. The molecule has 2 aromatic rings. The third kappa shape index (κ3) is 4.42. The molecule has 0 bridgehead atoms. The molecule has 0 amide bonds. The summed E-state index contributed by atoms with van der Waals surface area (Å²) < 4.78 is 29.4. The third-order valence-corrected chi connectivity index (χ3v) is 4.59. The van der Waals surface area contributed by atoms with Crippen LogP contribution in [-0.4, -0.2) is 22.3 Å². The Morgan fingerprint density at radius 3 is 2.76 bits per heavy atom. The summed E-state index contributed by atoms with van der Waals surface area (Å²) >= 11 is 0. The Hall–Kier alpha value is -2.28. The minimum absolute atomic E-state index is 0.0325. The molecule has 25 heavy (non-hydrogen) atoms. The van der Waals surface area contributed by atoms with Crippen LogP contribution in [0.25, 0.3) is 0 Å². The van der Waals surface area contributed by atoms with Gasteiger partial charge in [-0.2, -0.15) is 0 Å². The second-order valence-corrected chi connectivity index (χ2v) is 6.69. The number of nitrogens with zero attached hydrogens (tertiary/aromatic N) is 1. The van der Waals surface area contributed by atoms with Gasteiger partial charge in [-0.3, -0.25) is 14.3 Å². The summed E-state index contributed by atoms with van der Waals surface area (Å²) in [5.74, 6) is 0.493. The zero-order chi connectivity index (χ0) is 17.8. The molecule has 3 rings (SSSR count). The van der Waals surface area contributed by atoms with Gasteiger partial charge in [0.1, 0.15) is 12.8 Å². The average Bonchev–Trinajstić information content (AvgIpc) is 2.95. The zero-order valence-electron chi connectivity index (χ0n) is 13.5. The Balaban J connectivity index is 1.56. The van der Waals surface area contributed by atoms with E-state index in [9.17, 15) is 14.2 Å². The molecule has 8 nitrogen and oxygen atoms in total. The molecule has 2 heterocycles. The van der Waals surface area contributed by atoms with Crippen molar-refractivity contribution >= 4 is 8.25 Å². The lowest BCUT2D eigenvalue weighted by Crippen LogP contribution is -2.33. The van der Waals surface area contributed by atoms with Gasteiger partial charge in [0.2, 0.25) is 0 Å².